The minimum Gasteiger partial charge on any atom is -0.453 e. The second-order valence-corrected chi connectivity index (χ2v) is 18.4. The van der Waals surface area contributed by atoms with Crippen LogP contribution < -0.4 is 10.6 Å². The summed E-state index contributed by atoms with van der Waals surface area (Å²) in [4.78, 5) is 70.8. The van der Waals surface area contributed by atoms with Crippen LogP contribution in [0.2, 0.25) is 0 Å². The van der Waals surface area contributed by atoms with Gasteiger partial charge in [0, 0.05) is 29.7 Å². The number of aromatic amines is 2. The quantitative estimate of drug-likeness (QED) is 0.100. The van der Waals surface area contributed by atoms with Gasteiger partial charge in [0.25, 0.3) is 0 Å². The average Bonchev–Trinajstić information content (AvgIpc) is 4.19. The first kappa shape index (κ1) is 46.6. The zero-order valence-electron chi connectivity index (χ0n) is 38.3. The molecular formula is C48H52F4N8O8. The van der Waals surface area contributed by atoms with Crippen molar-refractivity contribution in [2.24, 2.45) is 11.8 Å². The lowest BCUT2D eigenvalue weighted by molar-refractivity contribution is -0.225. The number of hydrogen-bond donors (Lipinski definition) is 4. The van der Waals surface area contributed by atoms with E-state index in [1.54, 1.807) is 49.1 Å². The Balaban J connectivity index is 0.989. The summed E-state index contributed by atoms with van der Waals surface area (Å²) in [5.74, 6) is -10.8. The van der Waals surface area contributed by atoms with Crippen LogP contribution >= 0.6 is 0 Å². The zero-order valence-corrected chi connectivity index (χ0v) is 38.3. The number of carbonyl (C=O) groups is 4. The van der Waals surface area contributed by atoms with E-state index in [1.165, 1.54) is 37.4 Å². The van der Waals surface area contributed by atoms with E-state index in [4.69, 9.17) is 23.9 Å². The molecule has 3 fully saturated rings. The fraction of sp³-hybridized carbons (Fsp3) is 0.458. The molecule has 1 spiro atoms. The molecule has 5 heterocycles. The van der Waals surface area contributed by atoms with Gasteiger partial charge in [-0.05, 0) is 71.2 Å². The van der Waals surface area contributed by atoms with Gasteiger partial charge >= 0.3 is 24.0 Å². The van der Waals surface area contributed by atoms with Crippen LogP contribution in [0, 0.1) is 11.8 Å². The molecule has 20 heteroatoms. The normalized spacial score (nSPS) is 20.9. The summed E-state index contributed by atoms with van der Waals surface area (Å²) in [7, 11) is 2.42. The summed E-state index contributed by atoms with van der Waals surface area (Å²) in [6, 6.07) is 10.2. The van der Waals surface area contributed by atoms with Gasteiger partial charge in [-0.3, -0.25) is 9.59 Å². The molecule has 1 aliphatic carbocycles. The number of fused-ring (bicyclic) bond motifs is 4. The van der Waals surface area contributed by atoms with E-state index in [0.29, 0.717) is 55.0 Å². The Bertz CT molecular complexity index is 2790. The summed E-state index contributed by atoms with van der Waals surface area (Å²) >= 11 is 0. The highest BCUT2D eigenvalue weighted by molar-refractivity contribution is 5.88. The Morgan fingerprint density at radius 3 is 1.90 bits per heavy atom. The number of alkyl halides is 4. The molecule has 3 saturated heterocycles. The lowest BCUT2D eigenvalue weighted by atomic mass is 9.78. The van der Waals surface area contributed by atoms with Crippen LogP contribution in [-0.2, 0) is 40.4 Å². The molecule has 9 rings (SSSR count). The Labute approximate surface area is 388 Å². The molecule has 16 nitrogen and oxygen atoms in total. The summed E-state index contributed by atoms with van der Waals surface area (Å²) in [5, 5.41) is 5.22. The van der Waals surface area contributed by atoms with Crippen LogP contribution in [0.3, 0.4) is 0 Å². The van der Waals surface area contributed by atoms with E-state index < -0.39 is 71.0 Å². The number of ether oxygens (including phenoxy) is 4. The number of rotatable bonds is 10. The van der Waals surface area contributed by atoms with Crippen molar-refractivity contribution in [2.75, 3.05) is 40.5 Å². The number of amides is 4. The maximum absolute atomic E-state index is 16.4. The number of carbonyl (C=O) groups excluding carboxylic acids is 4. The van der Waals surface area contributed by atoms with Crippen molar-refractivity contribution in [3.63, 3.8) is 0 Å². The van der Waals surface area contributed by atoms with Gasteiger partial charge in [-0.25, -0.2) is 19.6 Å². The highest BCUT2D eigenvalue weighted by Crippen LogP contribution is 2.59. The number of methoxy groups -OCH3 is 2. The van der Waals surface area contributed by atoms with Crippen molar-refractivity contribution < 1.29 is 55.7 Å². The van der Waals surface area contributed by atoms with Crippen molar-refractivity contribution in [3.8, 4) is 33.5 Å². The molecule has 3 aromatic carbocycles. The first-order valence-electron chi connectivity index (χ1n) is 22.5. The molecular weight excluding hydrogens is 893 g/mol. The maximum Gasteiger partial charge on any atom is 0.407 e. The molecule has 5 aromatic rings. The number of benzene rings is 3. The predicted molar refractivity (Wildman–Crippen MR) is 238 cm³/mol. The summed E-state index contributed by atoms with van der Waals surface area (Å²) in [5.41, 5.74) is 0.501. The van der Waals surface area contributed by atoms with Gasteiger partial charge in [0.05, 0.1) is 69.0 Å². The number of imidazole rings is 2. The number of likely N-dealkylation sites (tertiary alicyclic amines) is 2. The summed E-state index contributed by atoms with van der Waals surface area (Å²) in [6.45, 7) is 8.28. The standard InChI is InChI=1S/C48H52F4N8O8/c1-24(2)38(57-44(63)65-5)42(61)59-15-7-8-36(59)41-54-33-14-11-27(20-34(33)55-41)26-9-12-29-30-13-10-28(19-32(30)48(51,52)47(49,50)31(29)18-26)35-22-53-40(56-35)37-21-46(67-16-17-68-46)23-60(37)43(62)39(25(3)4)58-45(64)66-6/h9-14,18-20,22,24-25,36-39H,7-8,15-17,21,23H2,1-6H3,(H,53,56)(H,54,55)(H,57,63)(H,58,64)/t36?,37?,38-,39?/m0/s1. The number of H-pyrrole nitrogens is 2. The van der Waals surface area contributed by atoms with Crippen molar-refractivity contribution in [2.45, 2.75) is 88.8 Å². The fourth-order valence-corrected chi connectivity index (χ4v) is 9.87. The highest BCUT2D eigenvalue weighted by atomic mass is 19.3. The number of nitrogens with zero attached hydrogens (tertiary/aromatic N) is 4. The first-order chi connectivity index (χ1) is 32.4. The molecule has 68 heavy (non-hydrogen) atoms. The van der Waals surface area contributed by atoms with E-state index in [9.17, 15) is 19.2 Å². The van der Waals surface area contributed by atoms with Gasteiger partial charge in [-0.2, -0.15) is 17.6 Å². The Hall–Kier alpha value is -6.54. The van der Waals surface area contributed by atoms with Gasteiger partial charge < -0.3 is 49.3 Å². The molecule has 4 amide bonds. The van der Waals surface area contributed by atoms with Gasteiger partial charge in [-0.1, -0.05) is 58.0 Å². The molecule has 4 atom stereocenters. The van der Waals surface area contributed by atoms with Crippen molar-refractivity contribution in [1.29, 1.82) is 0 Å². The van der Waals surface area contributed by atoms with Crippen LogP contribution in [0.25, 0.3) is 44.5 Å². The van der Waals surface area contributed by atoms with E-state index >= 15 is 17.6 Å². The molecule has 0 radical (unpaired) electrons. The molecule has 4 N–H and O–H groups in total. The maximum atomic E-state index is 16.4. The van der Waals surface area contributed by atoms with Gasteiger partial charge in [-0.15, -0.1) is 0 Å². The second-order valence-electron chi connectivity index (χ2n) is 18.4. The molecule has 3 aliphatic heterocycles. The van der Waals surface area contributed by atoms with Crippen LogP contribution in [0.15, 0.2) is 60.8 Å². The third-order valence-electron chi connectivity index (χ3n) is 13.5. The van der Waals surface area contributed by atoms with Crippen LogP contribution in [0.5, 0.6) is 0 Å². The Morgan fingerprint density at radius 1 is 0.735 bits per heavy atom. The molecule has 0 bridgehead atoms. The SMILES string of the molecule is COC(=O)NC(C(=O)N1CC2(CC1c1ncc(-c3ccc4c(c3)C(F)(F)C(F)(F)c3cc(-c5ccc6nc(C7CCCN7C(=O)[C@@H](NC(=O)OC)C(C)C)[nH]c6c5)ccc3-4)[nH]1)OCCO2)C(C)C. The van der Waals surface area contributed by atoms with E-state index in [-0.39, 0.29) is 64.5 Å². The van der Waals surface area contributed by atoms with Crippen molar-refractivity contribution in [3.05, 3.63) is 83.6 Å². The number of halogens is 4. The Morgan fingerprint density at radius 2 is 1.29 bits per heavy atom. The van der Waals surface area contributed by atoms with Crippen LogP contribution in [-0.4, -0.2) is 112 Å². The minimum absolute atomic E-state index is 0.0279. The predicted octanol–water partition coefficient (Wildman–Crippen LogP) is 7.93. The third kappa shape index (κ3) is 7.99. The molecule has 0 saturated carbocycles. The minimum atomic E-state index is -4.63. The number of nitrogens with one attached hydrogen (secondary N) is 4. The molecule has 360 valence electrons. The molecule has 2 aromatic heterocycles. The molecule has 3 unspecified atom stereocenters. The van der Waals surface area contributed by atoms with E-state index in [2.05, 4.69) is 25.6 Å². The van der Waals surface area contributed by atoms with Gasteiger partial charge in [0.2, 0.25) is 11.8 Å². The van der Waals surface area contributed by atoms with E-state index in [1.807, 2.05) is 13.8 Å². The molecule has 4 aliphatic rings. The summed E-state index contributed by atoms with van der Waals surface area (Å²) in [6.07, 6.45) is 1.40. The third-order valence-corrected chi connectivity index (χ3v) is 13.5. The number of hydrogen-bond acceptors (Lipinski definition) is 10. The monoisotopic (exact) mass is 944 g/mol. The zero-order chi connectivity index (χ0) is 48.4. The largest absolute Gasteiger partial charge is 0.453 e. The van der Waals surface area contributed by atoms with Crippen molar-refractivity contribution in [1.82, 2.24) is 40.4 Å². The van der Waals surface area contributed by atoms with Crippen molar-refractivity contribution >= 4 is 35.0 Å². The fourth-order valence-electron chi connectivity index (χ4n) is 9.87. The smallest absolute Gasteiger partial charge is 0.407 e. The lowest BCUT2D eigenvalue weighted by Crippen LogP contribution is -2.52. The van der Waals surface area contributed by atoms with Crippen LogP contribution in [0.4, 0.5) is 27.2 Å². The first-order valence-corrected chi connectivity index (χ1v) is 22.5. The van der Waals surface area contributed by atoms with Crippen LogP contribution in [0.1, 0.15) is 81.8 Å². The number of aromatic nitrogens is 4. The lowest BCUT2D eigenvalue weighted by Gasteiger charge is -2.35. The Kier molecular flexibility index (Phi) is 12.0. The van der Waals surface area contributed by atoms with Gasteiger partial charge in [0.15, 0.2) is 5.79 Å². The number of alkyl carbamates (subject to hydrolysis) is 2. The summed E-state index contributed by atoms with van der Waals surface area (Å²) < 4.78 is 86.9. The van der Waals surface area contributed by atoms with Gasteiger partial charge in [0.1, 0.15) is 23.7 Å². The highest BCUT2D eigenvalue weighted by Gasteiger charge is 2.63. The topological polar surface area (TPSA) is 193 Å². The van der Waals surface area contributed by atoms with E-state index in [0.717, 1.165) is 12.1 Å². The second kappa shape index (κ2) is 17.5. The average molecular weight is 945 g/mol.